The van der Waals surface area contributed by atoms with Crippen LogP contribution in [-0.2, 0) is 4.79 Å². The van der Waals surface area contributed by atoms with Crippen molar-refractivity contribution in [2.24, 2.45) is 4.99 Å². The average molecular weight is 187 g/mol. The molecule has 2 rings (SSSR count). The lowest BCUT2D eigenvalue weighted by Crippen LogP contribution is -2.05. The van der Waals surface area contributed by atoms with Gasteiger partial charge in [-0.15, -0.1) is 0 Å². The number of aliphatic carboxylic acids is 1. The number of aliphatic imine (C=N–C) groups is 1. The lowest BCUT2D eigenvalue weighted by Gasteiger charge is -2.12. The van der Waals surface area contributed by atoms with Gasteiger partial charge < -0.3 is 5.11 Å². The van der Waals surface area contributed by atoms with Gasteiger partial charge >= 0.3 is 5.97 Å². The van der Waals surface area contributed by atoms with Crippen molar-refractivity contribution in [1.82, 2.24) is 0 Å². The van der Waals surface area contributed by atoms with Crippen molar-refractivity contribution in [2.75, 3.05) is 0 Å². The molecule has 0 saturated heterocycles. The molecule has 14 heavy (non-hydrogen) atoms. The van der Waals surface area contributed by atoms with Crippen LogP contribution in [0.4, 0.5) is 0 Å². The van der Waals surface area contributed by atoms with E-state index in [-0.39, 0.29) is 0 Å². The van der Waals surface area contributed by atoms with E-state index in [1.165, 1.54) is 0 Å². The molecule has 1 aliphatic heterocycles. The van der Waals surface area contributed by atoms with Gasteiger partial charge in [0, 0.05) is 24.4 Å². The number of hydrogen-bond acceptors (Lipinski definition) is 2. The van der Waals surface area contributed by atoms with Gasteiger partial charge in [0.25, 0.3) is 0 Å². The molecule has 1 heterocycles. The van der Waals surface area contributed by atoms with Crippen molar-refractivity contribution in [3.63, 3.8) is 0 Å². The molecule has 0 bridgehead atoms. The summed E-state index contributed by atoms with van der Waals surface area (Å²) < 4.78 is 0. The number of allylic oxidation sites excluding steroid dienone is 6. The molecule has 1 N–H and O–H groups in total. The monoisotopic (exact) mass is 187 g/mol. The van der Waals surface area contributed by atoms with Gasteiger partial charge in [-0.1, -0.05) is 12.2 Å². The van der Waals surface area contributed by atoms with Gasteiger partial charge in [-0.3, -0.25) is 4.99 Å². The van der Waals surface area contributed by atoms with Gasteiger partial charge in [0.05, 0.1) is 0 Å². The van der Waals surface area contributed by atoms with Crippen LogP contribution in [0.1, 0.15) is 6.42 Å². The molecule has 0 radical (unpaired) electrons. The lowest BCUT2D eigenvalue weighted by atomic mass is 9.92. The minimum atomic E-state index is -0.855. The van der Waals surface area contributed by atoms with Crippen LogP contribution in [0.15, 0.2) is 52.2 Å². The van der Waals surface area contributed by atoms with E-state index < -0.39 is 5.97 Å². The van der Waals surface area contributed by atoms with Crippen LogP contribution in [0.3, 0.4) is 0 Å². The summed E-state index contributed by atoms with van der Waals surface area (Å²) in [5.74, 6) is -0.855. The third-order valence-electron chi connectivity index (χ3n) is 2.19. The third kappa shape index (κ3) is 1.57. The Morgan fingerprint density at radius 1 is 1.36 bits per heavy atom. The first-order valence-electron chi connectivity index (χ1n) is 4.31. The summed E-state index contributed by atoms with van der Waals surface area (Å²) in [4.78, 5) is 14.7. The molecule has 0 aromatic heterocycles. The number of carboxylic acid groups (broad SMARTS) is 1. The van der Waals surface area contributed by atoms with Gasteiger partial charge in [-0.2, -0.15) is 0 Å². The molecule has 0 unspecified atom stereocenters. The number of fused-ring (bicyclic) bond motifs is 1. The van der Waals surface area contributed by atoms with Crippen molar-refractivity contribution in [3.8, 4) is 0 Å². The van der Waals surface area contributed by atoms with E-state index in [9.17, 15) is 4.79 Å². The predicted octanol–water partition coefficient (Wildman–Crippen LogP) is 1.85. The number of hydrogen-bond donors (Lipinski definition) is 1. The average Bonchev–Trinajstić information content (AvgIpc) is 2.41. The second-order valence-electron chi connectivity index (χ2n) is 3.10. The minimum Gasteiger partial charge on any atom is -0.478 e. The summed E-state index contributed by atoms with van der Waals surface area (Å²) in [6.07, 6.45) is 11.0. The highest BCUT2D eigenvalue weighted by Crippen LogP contribution is 2.26. The molecule has 0 fully saturated rings. The number of nitrogens with zero attached hydrogens (tertiary/aromatic N) is 1. The zero-order valence-electron chi connectivity index (χ0n) is 7.47. The Labute approximate surface area is 81.5 Å². The summed E-state index contributed by atoms with van der Waals surface area (Å²) >= 11 is 0. The Kier molecular flexibility index (Phi) is 2.14. The van der Waals surface area contributed by atoms with Crippen LogP contribution in [0.2, 0.25) is 0 Å². The van der Waals surface area contributed by atoms with E-state index in [1.807, 2.05) is 18.2 Å². The number of carbonyl (C=O) groups is 1. The number of carboxylic acids is 1. The van der Waals surface area contributed by atoms with Crippen molar-refractivity contribution >= 4 is 12.2 Å². The Morgan fingerprint density at radius 3 is 3.00 bits per heavy atom. The molecule has 70 valence electrons. The Balaban J connectivity index is 2.38. The number of rotatable bonds is 1. The first-order valence-corrected chi connectivity index (χ1v) is 4.31. The Bertz CT molecular complexity index is 423. The van der Waals surface area contributed by atoms with Crippen LogP contribution < -0.4 is 0 Å². The molecule has 0 aromatic rings. The Morgan fingerprint density at radius 2 is 2.21 bits per heavy atom. The summed E-state index contributed by atoms with van der Waals surface area (Å²) in [6, 6.07) is 0. The normalized spacial score (nSPS) is 19.0. The first-order chi connectivity index (χ1) is 6.77. The summed E-state index contributed by atoms with van der Waals surface area (Å²) in [6.45, 7) is 0. The van der Waals surface area contributed by atoms with Gasteiger partial charge in [0.2, 0.25) is 0 Å². The smallest absolute Gasteiger partial charge is 0.331 e. The van der Waals surface area contributed by atoms with Gasteiger partial charge in [0.1, 0.15) is 0 Å². The van der Waals surface area contributed by atoms with Crippen LogP contribution in [0.25, 0.3) is 0 Å². The van der Waals surface area contributed by atoms with Gasteiger partial charge in [0.15, 0.2) is 0 Å². The van der Waals surface area contributed by atoms with E-state index in [1.54, 1.807) is 18.5 Å². The van der Waals surface area contributed by atoms with Crippen molar-refractivity contribution < 1.29 is 9.90 Å². The Hall–Kier alpha value is -1.90. The van der Waals surface area contributed by atoms with Crippen LogP contribution >= 0.6 is 0 Å². The fourth-order valence-corrected chi connectivity index (χ4v) is 1.43. The molecular weight excluding hydrogens is 178 g/mol. The zero-order chi connectivity index (χ0) is 9.97. The standard InChI is InChI=1S/C11H9NO2/c13-11(14)10-2-1-8-3-5-12-6-4-9(8)7-10/h1-6H,7H2,(H,13,14). The van der Waals surface area contributed by atoms with Gasteiger partial charge in [-0.25, -0.2) is 4.79 Å². The maximum atomic E-state index is 10.7. The molecular formula is C11H9NO2. The highest BCUT2D eigenvalue weighted by atomic mass is 16.4. The predicted molar refractivity (Wildman–Crippen MR) is 54.1 cm³/mol. The molecule has 0 spiro atoms. The van der Waals surface area contributed by atoms with Crippen molar-refractivity contribution in [1.29, 1.82) is 0 Å². The summed E-state index contributed by atoms with van der Waals surface area (Å²) in [5, 5.41) is 8.82. The maximum absolute atomic E-state index is 10.7. The molecule has 3 nitrogen and oxygen atoms in total. The molecule has 2 aliphatic rings. The van der Waals surface area contributed by atoms with Crippen LogP contribution in [-0.4, -0.2) is 17.3 Å². The first kappa shape index (κ1) is 8.69. The second-order valence-corrected chi connectivity index (χ2v) is 3.10. The van der Waals surface area contributed by atoms with E-state index in [0.717, 1.165) is 11.1 Å². The molecule has 1 aliphatic carbocycles. The highest BCUT2D eigenvalue weighted by molar-refractivity contribution is 5.89. The summed E-state index contributed by atoms with van der Waals surface area (Å²) in [7, 11) is 0. The van der Waals surface area contributed by atoms with E-state index in [2.05, 4.69) is 4.99 Å². The topological polar surface area (TPSA) is 49.7 Å². The van der Waals surface area contributed by atoms with E-state index >= 15 is 0 Å². The molecule has 0 saturated carbocycles. The maximum Gasteiger partial charge on any atom is 0.331 e. The van der Waals surface area contributed by atoms with Crippen LogP contribution in [0, 0.1) is 0 Å². The van der Waals surface area contributed by atoms with Gasteiger partial charge in [-0.05, 0) is 23.3 Å². The largest absolute Gasteiger partial charge is 0.478 e. The van der Waals surface area contributed by atoms with Crippen molar-refractivity contribution in [2.45, 2.75) is 6.42 Å². The minimum absolute atomic E-state index is 0.420. The molecule has 3 heteroatoms. The third-order valence-corrected chi connectivity index (χ3v) is 2.19. The molecule has 0 amide bonds. The lowest BCUT2D eigenvalue weighted by molar-refractivity contribution is -0.132. The summed E-state index contributed by atoms with van der Waals surface area (Å²) in [5.41, 5.74) is 2.46. The van der Waals surface area contributed by atoms with Crippen LogP contribution in [0.5, 0.6) is 0 Å². The quantitative estimate of drug-likeness (QED) is 0.681. The van der Waals surface area contributed by atoms with Crippen molar-refractivity contribution in [3.05, 3.63) is 47.2 Å². The fourth-order valence-electron chi connectivity index (χ4n) is 1.43. The van der Waals surface area contributed by atoms with E-state index in [4.69, 9.17) is 5.11 Å². The second kappa shape index (κ2) is 3.46. The zero-order valence-corrected chi connectivity index (χ0v) is 7.47. The van der Waals surface area contributed by atoms with E-state index in [0.29, 0.717) is 12.0 Å². The fraction of sp³-hybridized carbons (Fsp3) is 0.0909. The SMILES string of the molecule is O=C(O)C1=CC=C2C=CN=CC=C2C1. The highest BCUT2D eigenvalue weighted by Gasteiger charge is 2.15. The molecule has 0 atom stereocenters. The molecule has 0 aromatic carbocycles.